The third kappa shape index (κ3) is 3.35. The number of likely N-dealkylation sites (tertiary alicyclic amines) is 1. The topological polar surface area (TPSA) is 81.2 Å². The third-order valence-corrected chi connectivity index (χ3v) is 6.43. The third-order valence-electron chi connectivity index (χ3n) is 5.34. The van der Waals surface area contributed by atoms with E-state index in [4.69, 9.17) is 4.74 Å². The Hall–Kier alpha value is -2.52. The molecule has 0 aliphatic carbocycles. The van der Waals surface area contributed by atoms with E-state index in [9.17, 15) is 14.3 Å². The number of nitrogens with one attached hydrogen (secondary N) is 1. The molecular formula is C19H22FN4O3S+. The second-order valence-electron chi connectivity index (χ2n) is 7.08. The Morgan fingerprint density at radius 1 is 1.36 bits per heavy atom. The van der Waals surface area contributed by atoms with Gasteiger partial charge in [-0.05, 0) is 31.2 Å². The highest BCUT2D eigenvalue weighted by atomic mass is 32.1. The highest BCUT2D eigenvalue weighted by molar-refractivity contribution is 7.17. The molecule has 1 aliphatic rings. The van der Waals surface area contributed by atoms with Crippen molar-refractivity contribution in [2.45, 2.75) is 25.8 Å². The quantitative estimate of drug-likeness (QED) is 0.643. The Balaban J connectivity index is 1.70. The van der Waals surface area contributed by atoms with Crippen LogP contribution in [0.1, 0.15) is 35.1 Å². The minimum atomic E-state index is -0.301. The first-order valence-corrected chi connectivity index (χ1v) is 10.0. The van der Waals surface area contributed by atoms with Gasteiger partial charge in [0.1, 0.15) is 16.5 Å². The summed E-state index contributed by atoms with van der Waals surface area (Å²) in [5.41, 5.74) is 0.907. The van der Waals surface area contributed by atoms with Gasteiger partial charge in [0.25, 0.3) is 0 Å². The zero-order chi connectivity index (χ0) is 19.8. The smallest absolute Gasteiger partial charge is 0.309 e. The molecule has 4 rings (SSSR count). The molecular weight excluding hydrogens is 383 g/mol. The number of methoxy groups -OCH3 is 1. The number of hydrogen-bond donors (Lipinski definition) is 2. The van der Waals surface area contributed by atoms with Crippen LogP contribution in [0.4, 0.5) is 4.39 Å². The molecule has 148 valence electrons. The molecule has 9 heteroatoms. The van der Waals surface area contributed by atoms with Crippen LogP contribution in [0.2, 0.25) is 0 Å². The van der Waals surface area contributed by atoms with Crippen LogP contribution in [0.3, 0.4) is 0 Å². The lowest BCUT2D eigenvalue weighted by atomic mass is 9.93. The van der Waals surface area contributed by atoms with Crippen LogP contribution in [0.5, 0.6) is 5.88 Å². The molecule has 0 saturated carbocycles. The molecule has 0 bridgehead atoms. The van der Waals surface area contributed by atoms with Crippen LogP contribution >= 0.6 is 11.3 Å². The molecule has 1 saturated heterocycles. The lowest BCUT2D eigenvalue weighted by Gasteiger charge is -2.33. The molecule has 0 spiro atoms. The SMILES string of the molecule is COC(=O)C1CC[NH+]([C@H](c2ccc(F)cc2)c2sc3nc(C)nn3c2O)CC1. The van der Waals surface area contributed by atoms with Crippen LogP contribution in [-0.4, -0.2) is 45.9 Å². The average Bonchev–Trinajstić information content (AvgIpc) is 3.21. The predicted octanol–water partition coefficient (Wildman–Crippen LogP) is 1.50. The number of aromatic nitrogens is 3. The predicted molar refractivity (Wildman–Crippen MR) is 101 cm³/mol. The van der Waals surface area contributed by atoms with Gasteiger partial charge in [-0.2, -0.15) is 4.52 Å². The van der Waals surface area contributed by atoms with Gasteiger partial charge in [0, 0.05) is 18.4 Å². The lowest BCUT2D eigenvalue weighted by molar-refractivity contribution is -0.930. The van der Waals surface area contributed by atoms with E-state index in [-0.39, 0.29) is 29.6 Å². The first-order chi connectivity index (χ1) is 13.5. The van der Waals surface area contributed by atoms with Gasteiger partial charge in [0.2, 0.25) is 10.8 Å². The van der Waals surface area contributed by atoms with E-state index in [1.54, 1.807) is 19.1 Å². The number of fused-ring (bicyclic) bond motifs is 1. The van der Waals surface area contributed by atoms with Crippen LogP contribution in [0.25, 0.3) is 4.96 Å². The molecule has 0 unspecified atom stereocenters. The van der Waals surface area contributed by atoms with E-state index in [0.29, 0.717) is 23.6 Å². The van der Waals surface area contributed by atoms with Crippen molar-refractivity contribution in [2.75, 3.05) is 20.2 Å². The van der Waals surface area contributed by atoms with Crippen LogP contribution < -0.4 is 4.90 Å². The Morgan fingerprint density at radius 2 is 2.04 bits per heavy atom. The van der Waals surface area contributed by atoms with E-state index in [0.717, 1.165) is 23.5 Å². The Bertz CT molecular complexity index is 993. The number of ether oxygens (including phenoxy) is 1. The van der Waals surface area contributed by atoms with Gasteiger partial charge in [-0.3, -0.25) is 4.79 Å². The van der Waals surface area contributed by atoms with Crippen molar-refractivity contribution in [1.82, 2.24) is 14.6 Å². The number of carbonyl (C=O) groups is 1. The number of hydrogen-bond acceptors (Lipinski definition) is 6. The number of aryl methyl sites for hydroxylation is 1. The minimum absolute atomic E-state index is 0.0671. The van der Waals surface area contributed by atoms with Gasteiger partial charge < -0.3 is 14.7 Å². The molecule has 28 heavy (non-hydrogen) atoms. The molecule has 1 aliphatic heterocycles. The summed E-state index contributed by atoms with van der Waals surface area (Å²) in [5.74, 6) is 0.0928. The number of piperidine rings is 1. The summed E-state index contributed by atoms with van der Waals surface area (Å²) in [6.07, 6.45) is 1.42. The number of carbonyl (C=O) groups excluding carboxylic acids is 1. The standard InChI is InChI=1S/C19H21FN4O3S/c1-11-21-19-24(22-11)17(25)16(28-19)15(12-3-5-14(20)6-4-12)23-9-7-13(8-10-23)18(26)27-2/h3-6,13,15,25H,7-10H2,1-2H3/p+1/t15-/m1/s1. The normalized spacial score (nSPS) is 21.0. The van der Waals surface area contributed by atoms with Crippen LogP contribution in [-0.2, 0) is 9.53 Å². The average molecular weight is 405 g/mol. The second-order valence-corrected chi connectivity index (χ2v) is 8.09. The van der Waals surface area contributed by atoms with Gasteiger partial charge in [0.15, 0.2) is 6.04 Å². The van der Waals surface area contributed by atoms with Crippen molar-refractivity contribution in [3.8, 4) is 5.88 Å². The van der Waals surface area contributed by atoms with Crippen molar-refractivity contribution in [3.05, 3.63) is 46.3 Å². The van der Waals surface area contributed by atoms with Crippen molar-refractivity contribution in [2.24, 2.45) is 5.92 Å². The summed E-state index contributed by atoms with van der Waals surface area (Å²) >= 11 is 1.39. The maximum atomic E-state index is 13.5. The van der Waals surface area contributed by atoms with Crippen molar-refractivity contribution in [1.29, 1.82) is 0 Å². The summed E-state index contributed by atoms with van der Waals surface area (Å²) in [4.78, 5) is 18.8. The Kier molecular flexibility index (Phi) is 5.03. The van der Waals surface area contributed by atoms with Crippen LogP contribution in [0.15, 0.2) is 24.3 Å². The number of benzene rings is 1. The highest BCUT2D eigenvalue weighted by Gasteiger charge is 2.37. The van der Waals surface area contributed by atoms with E-state index >= 15 is 0 Å². The van der Waals surface area contributed by atoms with Crippen molar-refractivity contribution >= 4 is 22.3 Å². The minimum Gasteiger partial charge on any atom is -0.492 e. The van der Waals surface area contributed by atoms with Crippen molar-refractivity contribution < 1.29 is 23.9 Å². The van der Waals surface area contributed by atoms with Gasteiger partial charge in [-0.1, -0.05) is 11.3 Å². The van der Waals surface area contributed by atoms with E-state index in [1.807, 2.05) is 0 Å². The highest BCUT2D eigenvalue weighted by Crippen LogP contribution is 2.35. The number of quaternary nitrogens is 1. The Labute approximate surface area is 165 Å². The van der Waals surface area contributed by atoms with E-state index < -0.39 is 0 Å². The van der Waals surface area contributed by atoms with Gasteiger partial charge in [-0.25, -0.2) is 9.37 Å². The fourth-order valence-corrected chi connectivity index (χ4v) is 5.13. The largest absolute Gasteiger partial charge is 0.492 e. The molecule has 2 aromatic heterocycles. The first kappa shape index (κ1) is 18.8. The summed E-state index contributed by atoms with van der Waals surface area (Å²) in [6.45, 7) is 3.26. The molecule has 2 N–H and O–H groups in total. The lowest BCUT2D eigenvalue weighted by Crippen LogP contribution is -3.13. The number of aromatic hydroxyl groups is 1. The van der Waals surface area contributed by atoms with Gasteiger partial charge in [0.05, 0.1) is 26.1 Å². The molecule has 7 nitrogen and oxygen atoms in total. The summed E-state index contributed by atoms with van der Waals surface area (Å²) in [6, 6.07) is 6.18. The fourth-order valence-electron chi connectivity index (χ4n) is 3.94. The monoisotopic (exact) mass is 405 g/mol. The molecule has 3 heterocycles. The summed E-state index contributed by atoms with van der Waals surface area (Å²) < 4.78 is 19.8. The Morgan fingerprint density at radius 3 is 2.64 bits per heavy atom. The number of nitrogens with zero attached hydrogens (tertiary/aromatic N) is 3. The summed E-state index contributed by atoms with van der Waals surface area (Å²) in [7, 11) is 1.41. The number of halogens is 1. The van der Waals surface area contributed by atoms with Gasteiger partial charge in [-0.15, -0.1) is 5.10 Å². The maximum absolute atomic E-state index is 13.5. The molecule has 0 amide bonds. The van der Waals surface area contributed by atoms with Crippen LogP contribution in [0, 0.1) is 18.7 Å². The maximum Gasteiger partial charge on any atom is 0.309 e. The zero-order valence-electron chi connectivity index (χ0n) is 15.7. The fraction of sp³-hybridized carbons (Fsp3) is 0.421. The van der Waals surface area contributed by atoms with Crippen molar-refractivity contribution in [3.63, 3.8) is 0 Å². The number of rotatable bonds is 4. The number of esters is 1. The molecule has 3 aromatic rings. The molecule has 1 atom stereocenters. The van der Waals surface area contributed by atoms with E-state index in [2.05, 4.69) is 10.1 Å². The molecule has 1 aromatic carbocycles. The first-order valence-electron chi connectivity index (χ1n) is 9.21. The zero-order valence-corrected chi connectivity index (χ0v) is 16.5. The summed E-state index contributed by atoms with van der Waals surface area (Å²) in [5, 5.41) is 15.1. The number of thiazole rings is 1. The molecule has 0 radical (unpaired) electrons. The van der Waals surface area contributed by atoms with Gasteiger partial charge >= 0.3 is 5.97 Å². The molecule has 1 fully saturated rings. The second kappa shape index (κ2) is 7.48. The van der Waals surface area contributed by atoms with E-state index in [1.165, 1.54) is 40.0 Å².